The number of hydroxylamine groups is 1. The number of carbonyl (C=O) groups is 3. The molecule has 1 aliphatic rings. The standard InChI is InChI=1S/C28H15BrF12N2O5/c29-17-10-14(25(32,26(33,34)35)27(36,37)38)11-19(47-28(39,40)41)21(17)42-22(44)16-2-1-3-18(20(16)31)43(48-24(46)13-4-5-13)23(45)12-6-8-15(30)9-7-12/h1-3,6-11,13H,4-5H2,(H,42,44). The summed E-state index contributed by atoms with van der Waals surface area (Å²) in [6, 6.07) is 5.14. The molecule has 20 heteroatoms. The fourth-order valence-electron chi connectivity index (χ4n) is 4.02. The molecule has 3 aromatic carbocycles. The lowest BCUT2D eigenvalue weighted by Gasteiger charge is -2.31. The smallest absolute Gasteiger partial charge is 0.404 e. The predicted molar refractivity (Wildman–Crippen MR) is 142 cm³/mol. The fourth-order valence-corrected chi connectivity index (χ4v) is 4.56. The third-order valence-electron chi connectivity index (χ3n) is 6.51. The van der Waals surface area contributed by atoms with E-state index in [4.69, 9.17) is 4.84 Å². The number of carbonyl (C=O) groups excluding carboxylic acids is 3. The van der Waals surface area contributed by atoms with Gasteiger partial charge in [0.15, 0.2) is 11.6 Å². The first-order valence-corrected chi connectivity index (χ1v) is 13.7. The minimum atomic E-state index is -6.74. The number of ether oxygens (including phenoxy) is 1. The second kappa shape index (κ2) is 12.8. The summed E-state index contributed by atoms with van der Waals surface area (Å²) in [6.07, 6.45) is -18.6. The van der Waals surface area contributed by atoms with Gasteiger partial charge in [-0.2, -0.15) is 26.3 Å². The largest absolute Gasteiger partial charge is 0.573 e. The van der Waals surface area contributed by atoms with Gasteiger partial charge in [-0.3, -0.25) is 9.59 Å². The molecule has 1 saturated carbocycles. The molecule has 4 rings (SSSR count). The van der Waals surface area contributed by atoms with E-state index in [1.165, 1.54) is 0 Å². The Bertz CT molecular complexity index is 1720. The average Bonchev–Trinajstić information content (AvgIpc) is 3.81. The Morgan fingerprint density at radius 3 is 1.94 bits per heavy atom. The molecule has 0 spiro atoms. The molecule has 258 valence electrons. The number of hydrogen-bond donors (Lipinski definition) is 1. The predicted octanol–water partition coefficient (Wildman–Crippen LogP) is 8.68. The highest BCUT2D eigenvalue weighted by molar-refractivity contribution is 9.10. The highest BCUT2D eigenvalue weighted by atomic mass is 79.9. The van der Waals surface area contributed by atoms with Gasteiger partial charge in [0, 0.05) is 15.6 Å². The van der Waals surface area contributed by atoms with Crippen LogP contribution in [0.1, 0.15) is 39.1 Å². The highest BCUT2D eigenvalue weighted by Crippen LogP contribution is 2.55. The van der Waals surface area contributed by atoms with Crippen molar-refractivity contribution in [1.29, 1.82) is 0 Å². The molecule has 0 aromatic heterocycles. The molecule has 0 radical (unpaired) electrons. The summed E-state index contributed by atoms with van der Waals surface area (Å²) < 4.78 is 166. The maximum absolute atomic E-state index is 15.8. The van der Waals surface area contributed by atoms with Crippen LogP contribution >= 0.6 is 15.9 Å². The molecule has 0 saturated heterocycles. The van der Waals surface area contributed by atoms with Crippen molar-refractivity contribution in [3.05, 3.63) is 87.4 Å². The van der Waals surface area contributed by atoms with Crippen LogP contribution in [0.2, 0.25) is 0 Å². The van der Waals surface area contributed by atoms with Crippen molar-refractivity contribution >= 4 is 45.1 Å². The third-order valence-corrected chi connectivity index (χ3v) is 7.13. The minimum Gasteiger partial charge on any atom is -0.404 e. The van der Waals surface area contributed by atoms with E-state index < -0.39 is 98.5 Å². The number of amides is 2. The Kier molecular flexibility index (Phi) is 9.73. The number of anilines is 2. The van der Waals surface area contributed by atoms with Crippen LogP contribution in [0.3, 0.4) is 0 Å². The molecular formula is C28H15BrF12N2O5. The van der Waals surface area contributed by atoms with E-state index in [0.717, 1.165) is 36.4 Å². The van der Waals surface area contributed by atoms with Gasteiger partial charge in [-0.05, 0) is 77.3 Å². The summed E-state index contributed by atoms with van der Waals surface area (Å²) in [4.78, 5) is 43.7. The van der Waals surface area contributed by atoms with E-state index in [-0.39, 0.29) is 16.7 Å². The molecule has 2 amide bonds. The van der Waals surface area contributed by atoms with Crippen LogP contribution in [-0.2, 0) is 15.3 Å². The molecule has 0 aliphatic heterocycles. The normalized spacial score (nSPS) is 13.9. The topological polar surface area (TPSA) is 84.9 Å². The van der Waals surface area contributed by atoms with Crippen molar-refractivity contribution < 1.29 is 76.6 Å². The van der Waals surface area contributed by atoms with Gasteiger partial charge in [0.2, 0.25) is 0 Å². The lowest BCUT2D eigenvalue weighted by molar-refractivity contribution is -0.348. The molecule has 0 atom stereocenters. The average molecular weight is 767 g/mol. The molecule has 0 bridgehead atoms. The number of nitrogens with one attached hydrogen (secondary N) is 1. The van der Waals surface area contributed by atoms with Gasteiger partial charge in [-0.25, -0.2) is 18.0 Å². The monoisotopic (exact) mass is 766 g/mol. The van der Waals surface area contributed by atoms with Crippen LogP contribution < -0.4 is 15.1 Å². The number of nitrogens with zero attached hydrogens (tertiary/aromatic N) is 1. The van der Waals surface area contributed by atoms with Gasteiger partial charge in [0.05, 0.1) is 17.2 Å². The van der Waals surface area contributed by atoms with Crippen molar-refractivity contribution in [3.63, 3.8) is 0 Å². The zero-order valence-corrected chi connectivity index (χ0v) is 24.7. The SMILES string of the molecule is O=C(Nc1c(Br)cc(C(F)(C(F)(F)F)C(F)(F)F)cc1OC(F)(F)F)c1cccc(N(OC(=O)C2CC2)C(=O)c2ccc(F)cc2)c1F. The van der Waals surface area contributed by atoms with Crippen molar-refractivity contribution in [1.82, 2.24) is 0 Å². The third kappa shape index (κ3) is 7.47. The number of hydrogen-bond acceptors (Lipinski definition) is 5. The maximum atomic E-state index is 15.8. The van der Waals surface area contributed by atoms with Gasteiger partial charge < -0.3 is 14.9 Å². The summed E-state index contributed by atoms with van der Waals surface area (Å²) >= 11 is 2.39. The van der Waals surface area contributed by atoms with E-state index in [0.29, 0.717) is 18.9 Å². The molecule has 0 unspecified atom stereocenters. The summed E-state index contributed by atoms with van der Waals surface area (Å²) in [7, 11) is 0. The number of halogens is 13. The van der Waals surface area contributed by atoms with Gasteiger partial charge >= 0.3 is 30.4 Å². The van der Waals surface area contributed by atoms with E-state index in [9.17, 15) is 62.7 Å². The Morgan fingerprint density at radius 2 is 1.42 bits per heavy atom. The van der Waals surface area contributed by atoms with E-state index >= 15 is 4.39 Å². The lowest BCUT2D eigenvalue weighted by Crippen LogP contribution is -2.50. The number of benzene rings is 3. The molecule has 1 aliphatic carbocycles. The van der Waals surface area contributed by atoms with Crippen molar-refractivity contribution in [2.45, 2.75) is 37.2 Å². The van der Waals surface area contributed by atoms with Crippen molar-refractivity contribution in [3.8, 4) is 5.75 Å². The fraction of sp³-hybridized carbons (Fsp3) is 0.250. The van der Waals surface area contributed by atoms with Crippen molar-refractivity contribution in [2.75, 3.05) is 10.4 Å². The van der Waals surface area contributed by atoms with Crippen LogP contribution in [0.5, 0.6) is 5.75 Å². The van der Waals surface area contributed by atoms with Gasteiger partial charge in [0.1, 0.15) is 11.5 Å². The van der Waals surface area contributed by atoms with E-state index in [2.05, 4.69) is 20.7 Å². The molecule has 3 aromatic rings. The Hall–Kier alpha value is -4.49. The molecule has 1 fully saturated rings. The molecule has 48 heavy (non-hydrogen) atoms. The summed E-state index contributed by atoms with van der Waals surface area (Å²) in [5.41, 5.74) is -12.3. The van der Waals surface area contributed by atoms with Crippen LogP contribution in [0.4, 0.5) is 64.1 Å². The Morgan fingerprint density at radius 1 is 0.833 bits per heavy atom. The molecule has 0 heterocycles. The summed E-state index contributed by atoms with van der Waals surface area (Å²) in [5, 5.41) is 1.75. The first kappa shape index (κ1) is 36.3. The van der Waals surface area contributed by atoms with Crippen LogP contribution in [-0.4, -0.2) is 36.5 Å². The van der Waals surface area contributed by atoms with Crippen LogP contribution in [0.25, 0.3) is 0 Å². The lowest BCUT2D eigenvalue weighted by atomic mass is 9.93. The van der Waals surface area contributed by atoms with Gasteiger partial charge in [-0.1, -0.05) is 6.07 Å². The molecule has 1 N–H and O–H groups in total. The highest BCUT2D eigenvalue weighted by Gasteiger charge is 2.73. The molecule has 7 nitrogen and oxygen atoms in total. The number of rotatable bonds is 7. The summed E-state index contributed by atoms with van der Waals surface area (Å²) in [5.74, 6) is -9.07. The second-order valence-electron chi connectivity index (χ2n) is 9.92. The van der Waals surface area contributed by atoms with Crippen LogP contribution in [0.15, 0.2) is 59.1 Å². The Balaban J connectivity index is 1.78. The quantitative estimate of drug-likeness (QED) is 0.192. The first-order valence-electron chi connectivity index (χ1n) is 12.9. The Labute approximate surface area is 268 Å². The van der Waals surface area contributed by atoms with Gasteiger partial charge in [0.25, 0.3) is 11.8 Å². The van der Waals surface area contributed by atoms with Gasteiger partial charge in [-0.15, -0.1) is 18.2 Å². The minimum absolute atomic E-state index is 0.123. The van der Waals surface area contributed by atoms with E-state index in [1.807, 2.05) is 0 Å². The second-order valence-corrected chi connectivity index (χ2v) is 10.8. The van der Waals surface area contributed by atoms with Crippen LogP contribution in [0, 0.1) is 17.6 Å². The van der Waals surface area contributed by atoms with E-state index in [1.54, 1.807) is 5.32 Å². The maximum Gasteiger partial charge on any atom is 0.573 e. The summed E-state index contributed by atoms with van der Waals surface area (Å²) in [6.45, 7) is 0. The zero-order valence-electron chi connectivity index (χ0n) is 23.1. The van der Waals surface area contributed by atoms with Crippen molar-refractivity contribution in [2.24, 2.45) is 5.92 Å². The first-order chi connectivity index (χ1) is 22.0. The zero-order chi connectivity index (χ0) is 36.0. The molecular weight excluding hydrogens is 752 g/mol. The number of alkyl halides is 10.